The molecule has 1 aromatic carbocycles. The molecule has 9 nitrogen and oxygen atoms in total. The molecule has 3 N–H and O–H groups in total. The lowest BCUT2D eigenvalue weighted by Crippen LogP contribution is -2.42. The van der Waals surface area contributed by atoms with Crippen molar-refractivity contribution in [2.45, 2.75) is 20.8 Å². The summed E-state index contributed by atoms with van der Waals surface area (Å²) in [7, 11) is 1.38. The Morgan fingerprint density at radius 3 is 2.89 bits per heavy atom. The van der Waals surface area contributed by atoms with Crippen molar-refractivity contribution in [2.24, 2.45) is 15.9 Å². The van der Waals surface area contributed by atoms with E-state index in [1.54, 1.807) is 18.5 Å². The van der Waals surface area contributed by atoms with Crippen LogP contribution in [-0.4, -0.2) is 49.2 Å². The normalized spacial score (nSPS) is 19.5. The number of benzene rings is 1. The summed E-state index contributed by atoms with van der Waals surface area (Å²) >= 11 is 0. The molecule has 2 heterocycles. The van der Waals surface area contributed by atoms with Crippen LogP contribution >= 0.6 is 0 Å². The Balaban J connectivity index is 1.98. The van der Waals surface area contributed by atoms with Crippen LogP contribution in [0, 0.1) is 12.8 Å². The highest BCUT2D eigenvalue weighted by Crippen LogP contribution is 2.31. The van der Waals surface area contributed by atoms with E-state index in [0.717, 1.165) is 16.8 Å². The Hall–Kier alpha value is -3.20. The molecule has 3 rings (SSSR count). The van der Waals surface area contributed by atoms with Gasteiger partial charge in [-0.05, 0) is 44.0 Å². The lowest BCUT2D eigenvalue weighted by molar-refractivity contribution is -0.123. The van der Waals surface area contributed by atoms with Gasteiger partial charge in [0.05, 0.1) is 25.3 Å². The molecular weight excluding hydrogens is 360 g/mol. The molecule has 9 heteroatoms. The van der Waals surface area contributed by atoms with E-state index >= 15 is 0 Å². The highest BCUT2D eigenvalue weighted by Gasteiger charge is 2.37. The molecule has 0 fully saturated rings. The molecule has 0 saturated heterocycles. The average molecular weight is 384 g/mol. The summed E-state index contributed by atoms with van der Waals surface area (Å²) in [6, 6.07) is 5.21. The molecule has 1 aromatic rings. The van der Waals surface area contributed by atoms with Gasteiger partial charge in [0.15, 0.2) is 5.84 Å². The van der Waals surface area contributed by atoms with Gasteiger partial charge in [-0.3, -0.25) is 24.9 Å². The number of nitrogens with zero attached hydrogens (tertiary/aromatic N) is 3. The van der Waals surface area contributed by atoms with Crippen molar-refractivity contribution in [3.8, 4) is 0 Å². The van der Waals surface area contributed by atoms with Gasteiger partial charge >= 0.3 is 0 Å². The Bertz CT molecular complexity index is 890. The van der Waals surface area contributed by atoms with Gasteiger partial charge in [0, 0.05) is 12.1 Å². The molecular formula is C19H24N6O3. The van der Waals surface area contributed by atoms with Crippen molar-refractivity contribution in [3.05, 3.63) is 40.6 Å². The van der Waals surface area contributed by atoms with E-state index < -0.39 is 0 Å². The van der Waals surface area contributed by atoms with E-state index in [1.165, 1.54) is 7.11 Å². The van der Waals surface area contributed by atoms with Gasteiger partial charge in [-0.2, -0.15) is 0 Å². The Kier molecular flexibility index (Phi) is 5.74. The summed E-state index contributed by atoms with van der Waals surface area (Å²) in [5, 5.41) is 4.74. The van der Waals surface area contributed by atoms with Crippen molar-refractivity contribution in [3.63, 3.8) is 0 Å². The molecule has 1 atom stereocenters. The second-order valence-electron chi connectivity index (χ2n) is 6.55. The SMILES string of the molecule is CCNC(=O)C1CN2NC=NC(=Nc3cc(C(=O)NOC)ccc3C)C2=C1C. The van der Waals surface area contributed by atoms with Gasteiger partial charge in [0.25, 0.3) is 5.91 Å². The standard InChI is InChI=1S/C19H24N6O3/c1-5-20-19(27)14-9-25-16(12(14)3)17(21-10-22-25)23-15-8-13(7-6-11(15)2)18(26)24-28-4/h6-8,10,14H,5,9H2,1-4H3,(H,20,27)(H,24,26)(H,21,22,23). The molecule has 0 bridgehead atoms. The predicted octanol–water partition coefficient (Wildman–Crippen LogP) is 1.20. The number of aliphatic imine (C=N–C) groups is 2. The second kappa shape index (κ2) is 8.22. The van der Waals surface area contributed by atoms with Crippen LogP contribution < -0.4 is 16.2 Å². The summed E-state index contributed by atoms with van der Waals surface area (Å²) in [5.74, 6) is -0.144. The van der Waals surface area contributed by atoms with Gasteiger partial charge in [-0.1, -0.05) is 6.07 Å². The number of carbonyl (C=O) groups excluding carboxylic acids is 2. The third kappa shape index (κ3) is 3.74. The maximum Gasteiger partial charge on any atom is 0.274 e. The van der Waals surface area contributed by atoms with Gasteiger partial charge in [0.2, 0.25) is 5.91 Å². The fourth-order valence-electron chi connectivity index (χ4n) is 3.22. The van der Waals surface area contributed by atoms with E-state index in [4.69, 9.17) is 0 Å². The van der Waals surface area contributed by atoms with E-state index in [1.807, 2.05) is 31.8 Å². The van der Waals surface area contributed by atoms with Crippen molar-refractivity contribution in [2.75, 3.05) is 20.2 Å². The topological polar surface area (TPSA) is 107 Å². The Labute approximate surface area is 163 Å². The summed E-state index contributed by atoms with van der Waals surface area (Å²) in [4.78, 5) is 38.1. The smallest absolute Gasteiger partial charge is 0.274 e. The number of hydrogen-bond donors (Lipinski definition) is 3. The molecule has 2 aliphatic heterocycles. The van der Waals surface area contributed by atoms with Crippen LogP contribution in [0.1, 0.15) is 29.8 Å². The second-order valence-corrected chi connectivity index (χ2v) is 6.55. The number of hydroxylamine groups is 1. The van der Waals surface area contributed by atoms with Crippen LogP contribution in [0.3, 0.4) is 0 Å². The van der Waals surface area contributed by atoms with Gasteiger partial charge in [-0.25, -0.2) is 15.5 Å². The number of hydrazine groups is 1. The minimum Gasteiger partial charge on any atom is -0.356 e. The highest BCUT2D eigenvalue weighted by molar-refractivity contribution is 6.07. The van der Waals surface area contributed by atoms with Gasteiger partial charge in [-0.15, -0.1) is 0 Å². The molecule has 2 aliphatic rings. The average Bonchev–Trinajstić information content (AvgIpc) is 3.02. The predicted molar refractivity (Wildman–Crippen MR) is 106 cm³/mol. The summed E-state index contributed by atoms with van der Waals surface area (Å²) < 4.78 is 0. The molecule has 1 unspecified atom stereocenters. The van der Waals surface area contributed by atoms with Crippen LogP contribution in [0.5, 0.6) is 0 Å². The molecule has 148 valence electrons. The highest BCUT2D eigenvalue weighted by atomic mass is 16.6. The summed E-state index contributed by atoms with van der Waals surface area (Å²) in [5.41, 5.74) is 9.00. The van der Waals surface area contributed by atoms with E-state index in [-0.39, 0.29) is 17.7 Å². The van der Waals surface area contributed by atoms with Gasteiger partial charge in [0.1, 0.15) is 12.0 Å². The molecule has 28 heavy (non-hydrogen) atoms. The third-order valence-electron chi connectivity index (χ3n) is 4.70. The number of fused-ring (bicyclic) bond motifs is 1. The van der Waals surface area contributed by atoms with Crippen molar-refractivity contribution in [1.82, 2.24) is 21.2 Å². The zero-order valence-corrected chi connectivity index (χ0v) is 16.4. The van der Waals surface area contributed by atoms with E-state index in [0.29, 0.717) is 30.2 Å². The quantitative estimate of drug-likeness (QED) is 0.662. The van der Waals surface area contributed by atoms with Crippen molar-refractivity contribution in [1.29, 1.82) is 0 Å². The minimum atomic E-state index is -0.355. The summed E-state index contributed by atoms with van der Waals surface area (Å²) in [6.07, 6.45) is 1.55. The van der Waals surface area contributed by atoms with E-state index in [9.17, 15) is 9.59 Å². The number of amides is 2. The van der Waals surface area contributed by atoms with Crippen LogP contribution in [0.25, 0.3) is 0 Å². The zero-order chi connectivity index (χ0) is 20.3. The van der Waals surface area contributed by atoms with Crippen molar-refractivity contribution < 1.29 is 14.4 Å². The Morgan fingerprint density at radius 1 is 1.39 bits per heavy atom. The van der Waals surface area contributed by atoms with E-state index in [2.05, 4.69) is 31.0 Å². The molecule has 0 spiro atoms. The molecule has 0 saturated carbocycles. The maximum atomic E-state index is 12.4. The fourth-order valence-corrected chi connectivity index (χ4v) is 3.22. The van der Waals surface area contributed by atoms with Crippen LogP contribution in [0.15, 0.2) is 39.5 Å². The lowest BCUT2D eigenvalue weighted by Gasteiger charge is -2.25. The number of rotatable bonds is 5. The number of aryl methyl sites for hydroxylation is 1. The number of nitrogens with one attached hydrogen (secondary N) is 3. The van der Waals surface area contributed by atoms with Gasteiger partial charge < -0.3 is 5.32 Å². The first-order valence-electron chi connectivity index (χ1n) is 9.04. The number of carbonyl (C=O) groups is 2. The van der Waals surface area contributed by atoms with Crippen molar-refractivity contribution >= 4 is 29.7 Å². The largest absolute Gasteiger partial charge is 0.356 e. The third-order valence-corrected chi connectivity index (χ3v) is 4.70. The minimum absolute atomic E-state index is 0.0162. The van der Waals surface area contributed by atoms with Crippen LogP contribution in [0.4, 0.5) is 5.69 Å². The molecule has 0 radical (unpaired) electrons. The zero-order valence-electron chi connectivity index (χ0n) is 16.4. The monoisotopic (exact) mass is 384 g/mol. The Morgan fingerprint density at radius 2 is 2.18 bits per heavy atom. The molecule has 0 aliphatic carbocycles. The first-order valence-corrected chi connectivity index (χ1v) is 9.04. The maximum absolute atomic E-state index is 12.4. The first kappa shape index (κ1) is 19.6. The first-order chi connectivity index (χ1) is 13.5. The lowest BCUT2D eigenvalue weighted by atomic mass is 10.0. The fraction of sp³-hybridized carbons (Fsp3) is 0.368. The molecule has 0 aromatic heterocycles. The number of amidine groups is 1. The van der Waals surface area contributed by atoms with Crippen LogP contribution in [0.2, 0.25) is 0 Å². The van der Waals surface area contributed by atoms with Crippen LogP contribution in [-0.2, 0) is 9.63 Å². The molecule has 2 amide bonds. The number of hydrogen-bond acceptors (Lipinski definition) is 6. The summed E-state index contributed by atoms with van der Waals surface area (Å²) in [6.45, 7) is 6.81.